The van der Waals surface area contributed by atoms with Gasteiger partial charge in [0.2, 0.25) is 0 Å². The van der Waals surface area contributed by atoms with Crippen LogP contribution in [0, 0.1) is 47.8 Å². The predicted octanol–water partition coefficient (Wildman–Crippen LogP) is 13.0. The van der Waals surface area contributed by atoms with Crippen LogP contribution in [0.4, 0.5) is 0 Å². The van der Waals surface area contributed by atoms with E-state index in [2.05, 4.69) is 80.5 Å². The summed E-state index contributed by atoms with van der Waals surface area (Å²) < 4.78 is 26.0. The molecule has 0 heterocycles. The van der Waals surface area contributed by atoms with Crippen LogP contribution in [0.5, 0.6) is 46.0 Å². The minimum Gasteiger partial charge on any atom is -0.456 e. The molecular weight excluding hydrogens is 671 g/mol. The molecule has 0 saturated heterocycles. The Balaban J connectivity index is 1.56. The molecule has 0 aliphatic heterocycles. The molecule has 0 spiro atoms. The zero-order valence-corrected chi connectivity index (χ0v) is 33.1. The molecular formula is C47H47N3O4. The van der Waals surface area contributed by atoms with Crippen LogP contribution in [0.1, 0.15) is 107 Å². The zero-order valence-electron chi connectivity index (χ0n) is 33.1. The largest absolute Gasteiger partial charge is 0.456 e. The molecule has 7 heteroatoms. The average molecular weight is 718 g/mol. The minimum absolute atomic E-state index is 0.243. The van der Waals surface area contributed by atoms with Crippen LogP contribution in [-0.2, 0) is 16.2 Å². The fourth-order valence-electron chi connectivity index (χ4n) is 6.16. The molecule has 274 valence electrons. The first-order valence-corrected chi connectivity index (χ1v) is 17.9. The van der Waals surface area contributed by atoms with Crippen molar-refractivity contribution in [3.63, 3.8) is 0 Å². The Kier molecular flexibility index (Phi) is 10.8. The van der Waals surface area contributed by atoms with Gasteiger partial charge in [-0.3, -0.25) is 0 Å². The monoisotopic (exact) mass is 717 g/mol. The second-order valence-corrected chi connectivity index (χ2v) is 16.5. The van der Waals surface area contributed by atoms with Gasteiger partial charge in [-0.2, -0.15) is 15.8 Å². The van der Waals surface area contributed by atoms with Crippen LogP contribution in [0.15, 0.2) is 84.9 Å². The second kappa shape index (κ2) is 15.0. The Labute approximate surface area is 319 Å². The molecule has 0 aromatic heterocycles. The summed E-state index contributed by atoms with van der Waals surface area (Å²) in [7, 11) is 0. The molecule has 0 saturated carbocycles. The van der Waals surface area contributed by atoms with Crippen molar-refractivity contribution in [2.45, 2.75) is 92.4 Å². The lowest BCUT2D eigenvalue weighted by molar-refractivity contribution is 0.421. The minimum atomic E-state index is -0.382. The maximum absolute atomic E-state index is 10.6. The lowest BCUT2D eigenvalue weighted by Crippen LogP contribution is -2.17. The van der Waals surface area contributed by atoms with E-state index in [1.807, 2.05) is 68.4 Å². The standard InChI is InChI=1S/C47H47N3O4/c1-29-15-12-17-38(32(29)26-48)51-31-21-22-42(35(23-31)45(3,4)5)52-40-19-14-20-41(34(40)28-50)54-44-25-36(46(6,7)8)43(24-37(44)47(9,10)11)53-39-18-13-16-30(2)33(39)27-49/h12-25H,1-11H3. The highest BCUT2D eigenvalue weighted by Crippen LogP contribution is 2.46. The summed E-state index contributed by atoms with van der Waals surface area (Å²) >= 11 is 0. The summed E-state index contributed by atoms with van der Waals surface area (Å²) in [5, 5.41) is 30.2. The highest BCUT2D eigenvalue weighted by atomic mass is 16.5. The second-order valence-electron chi connectivity index (χ2n) is 16.5. The van der Waals surface area contributed by atoms with Crippen LogP contribution in [0.2, 0.25) is 0 Å². The first-order chi connectivity index (χ1) is 25.3. The molecule has 5 aromatic rings. The van der Waals surface area contributed by atoms with Crippen molar-refractivity contribution >= 4 is 0 Å². The number of ether oxygens (including phenoxy) is 4. The average Bonchev–Trinajstić information content (AvgIpc) is 3.08. The van der Waals surface area contributed by atoms with E-state index >= 15 is 0 Å². The molecule has 0 bridgehead atoms. The van der Waals surface area contributed by atoms with Crippen LogP contribution < -0.4 is 18.9 Å². The van der Waals surface area contributed by atoms with Crippen LogP contribution >= 0.6 is 0 Å². The van der Waals surface area contributed by atoms with E-state index in [0.29, 0.717) is 57.1 Å². The first-order valence-electron chi connectivity index (χ1n) is 17.9. The molecule has 0 amide bonds. The summed E-state index contributed by atoms with van der Waals surface area (Å²) in [5.74, 6) is 4.01. The van der Waals surface area contributed by atoms with Crippen molar-refractivity contribution in [1.29, 1.82) is 15.8 Å². The summed E-state index contributed by atoms with van der Waals surface area (Å²) in [4.78, 5) is 0. The lowest BCUT2D eigenvalue weighted by atomic mass is 9.80. The van der Waals surface area contributed by atoms with Crippen molar-refractivity contribution in [2.24, 2.45) is 0 Å². The molecule has 0 aliphatic carbocycles. The smallest absolute Gasteiger partial charge is 0.149 e. The first kappa shape index (κ1) is 39.0. The SMILES string of the molecule is Cc1cccc(Oc2ccc(Oc3cccc(Oc4cc(C(C)(C)C)c(Oc5cccc(C)c5C#N)cc4C(C)(C)C)c3C#N)c(C(C)(C)C)c2)c1C#N. The van der Waals surface area contributed by atoms with E-state index in [0.717, 1.165) is 27.8 Å². The molecule has 0 atom stereocenters. The van der Waals surface area contributed by atoms with E-state index in [4.69, 9.17) is 18.9 Å². The highest BCUT2D eigenvalue weighted by Gasteiger charge is 2.29. The van der Waals surface area contributed by atoms with E-state index < -0.39 is 0 Å². The van der Waals surface area contributed by atoms with Gasteiger partial charge in [-0.1, -0.05) is 92.6 Å². The molecule has 5 rings (SSSR count). The molecule has 0 unspecified atom stereocenters. The fraction of sp³-hybridized carbons (Fsp3) is 0.298. The number of hydrogen-bond acceptors (Lipinski definition) is 7. The van der Waals surface area contributed by atoms with Crippen LogP contribution in [0.25, 0.3) is 0 Å². The molecule has 0 radical (unpaired) electrons. The molecule has 5 aromatic carbocycles. The van der Waals surface area contributed by atoms with Crippen molar-refractivity contribution in [3.05, 3.63) is 129 Å². The highest BCUT2D eigenvalue weighted by molar-refractivity contribution is 5.60. The quantitative estimate of drug-likeness (QED) is 0.157. The third-order valence-corrected chi connectivity index (χ3v) is 9.14. The van der Waals surface area contributed by atoms with Gasteiger partial charge in [-0.25, -0.2) is 0 Å². The molecule has 0 fully saturated rings. The zero-order chi connectivity index (χ0) is 39.6. The summed E-state index contributed by atoms with van der Waals surface area (Å²) in [5.41, 5.74) is 4.39. The van der Waals surface area contributed by atoms with Crippen LogP contribution in [-0.4, -0.2) is 0 Å². The van der Waals surface area contributed by atoms with Gasteiger partial charge in [-0.15, -0.1) is 0 Å². The van der Waals surface area contributed by atoms with E-state index in [1.165, 1.54) is 0 Å². The van der Waals surface area contributed by atoms with Gasteiger partial charge in [-0.05, 0) is 95.8 Å². The number of nitrogens with zero attached hydrogens (tertiary/aromatic N) is 3. The number of nitriles is 3. The van der Waals surface area contributed by atoms with Crippen molar-refractivity contribution < 1.29 is 18.9 Å². The Hall–Kier alpha value is -6.23. The Morgan fingerprint density at radius 1 is 0.389 bits per heavy atom. The maximum Gasteiger partial charge on any atom is 0.149 e. The maximum atomic E-state index is 10.6. The van der Waals surface area contributed by atoms with Crippen molar-refractivity contribution in [1.82, 2.24) is 0 Å². The molecule has 54 heavy (non-hydrogen) atoms. The van der Waals surface area contributed by atoms with Gasteiger partial charge in [0, 0.05) is 16.7 Å². The Bertz CT molecular complexity index is 2350. The van der Waals surface area contributed by atoms with E-state index in [1.54, 1.807) is 30.3 Å². The van der Waals surface area contributed by atoms with Gasteiger partial charge in [0.1, 0.15) is 69.8 Å². The van der Waals surface area contributed by atoms with Gasteiger partial charge < -0.3 is 18.9 Å². The number of benzene rings is 5. The Morgan fingerprint density at radius 3 is 1.15 bits per heavy atom. The van der Waals surface area contributed by atoms with Crippen molar-refractivity contribution in [3.8, 4) is 64.2 Å². The normalized spacial score (nSPS) is 11.6. The summed E-state index contributed by atoms with van der Waals surface area (Å²) in [6.07, 6.45) is 0. The number of rotatable bonds is 8. The summed E-state index contributed by atoms with van der Waals surface area (Å²) in [6.45, 7) is 22.6. The lowest BCUT2D eigenvalue weighted by Gasteiger charge is -2.29. The van der Waals surface area contributed by atoms with Gasteiger partial charge in [0.15, 0.2) is 0 Å². The molecule has 0 N–H and O–H groups in total. The van der Waals surface area contributed by atoms with E-state index in [-0.39, 0.29) is 21.8 Å². The Morgan fingerprint density at radius 2 is 0.741 bits per heavy atom. The number of hydrogen-bond donors (Lipinski definition) is 0. The van der Waals surface area contributed by atoms with Crippen molar-refractivity contribution in [2.75, 3.05) is 0 Å². The van der Waals surface area contributed by atoms with Crippen LogP contribution in [0.3, 0.4) is 0 Å². The van der Waals surface area contributed by atoms with E-state index in [9.17, 15) is 15.8 Å². The fourth-order valence-corrected chi connectivity index (χ4v) is 6.16. The third-order valence-electron chi connectivity index (χ3n) is 9.14. The van der Waals surface area contributed by atoms with Gasteiger partial charge in [0.05, 0.1) is 11.1 Å². The third kappa shape index (κ3) is 8.36. The number of aryl methyl sites for hydroxylation is 2. The molecule has 0 aliphatic rings. The van der Waals surface area contributed by atoms with Gasteiger partial charge in [0.25, 0.3) is 0 Å². The predicted molar refractivity (Wildman–Crippen MR) is 212 cm³/mol. The summed E-state index contributed by atoms with van der Waals surface area (Å²) in [6, 6.07) is 32.8. The van der Waals surface area contributed by atoms with Gasteiger partial charge >= 0.3 is 0 Å². The molecule has 7 nitrogen and oxygen atoms in total. The topological polar surface area (TPSA) is 108 Å².